The van der Waals surface area contributed by atoms with Gasteiger partial charge in [-0.1, -0.05) is 12.1 Å². The lowest BCUT2D eigenvalue weighted by atomic mass is 10.1. The van der Waals surface area contributed by atoms with Crippen LogP contribution in [0.5, 0.6) is 0 Å². The smallest absolute Gasteiger partial charge is 0.0991 e. The molecule has 1 N–H and O–H groups in total. The van der Waals surface area contributed by atoms with Gasteiger partial charge in [-0.3, -0.25) is 0 Å². The zero-order chi connectivity index (χ0) is 11.9. The fourth-order valence-corrected chi connectivity index (χ4v) is 2.18. The van der Waals surface area contributed by atoms with E-state index in [2.05, 4.69) is 16.4 Å². The van der Waals surface area contributed by atoms with Gasteiger partial charge >= 0.3 is 0 Å². The highest BCUT2D eigenvalue weighted by atomic mass is 32.1. The van der Waals surface area contributed by atoms with Gasteiger partial charge < -0.3 is 5.32 Å². The third-order valence-electron chi connectivity index (χ3n) is 2.38. The van der Waals surface area contributed by atoms with Gasteiger partial charge in [-0.2, -0.15) is 5.26 Å². The van der Waals surface area contributed by atoms with Crippen LogP contribution in [0, 0.1) is 11.3 Å². The molecular formula is C13H13N3S. The molecule has 0 aliphatic carbocycles. The maximum absolute atomic E-state index is 8.78. The van der Waals surface area contributed by atoms with Gasteiger partial charge in [0, 0.05) is 31.1 Å². The van der Waals surface area contributed by atoms with Crippen molar-refractivity contribution in [3.05, 3.63) is 52.0 Å². The van der Waals surface area contributed by atoms with Crippen LogP contribution in [0.3, 0.4) is 0 Å². The summed E-state index contributed by atoms with van der Waals surface area (Å²) in [6, 6.07) is 9.81. The number of thiazole rings is 1. The Labute approximate surface area is 105 Å². The molecule has 2 rings (SSSR count). The van der Waals surface area contributed by atoms with Crippen LogP contribution in [-0.2, 0) is 13.0 Å². The predicted molar refractivity (Wildman–Crippen MR) is 68.7 cm³/mol. The first-order valence-electron chi connectivity index (χ1n) is 5.46. The number of hydrogen-bond donors (Lipinski definition) is 1. The highest BCUT2D eigenvalue weighted by molar-refractivity contribution is 7.09. The molecule has 0 aliphatic heterocycles. The van der Waals surface area contributed by atoms with Crippen LogP contribution < -0.4 is 5.32 Å². The molecule has 0 radical (unpaired) electrons. The average Bonchev–Trinajstić information content (AvgIpc) is 2.88. The Kier molecular flexibility index (Phi) is 4.25. The molecule has 0 bridgehead atoms. The van der Waals surface area contributed by atoms with Gasteiger partial charge in [-0.15, -0.1) is 11.3 Å². The monoisotopic (exact) mass is 243 g/mol. The maximum atomic E-state index is 8.78. The fraction of sp³-hybridized carbons (Fsp3) is 0.231. The van der Waals surface area contributed by atoms with E-state index in [0.717, 1.165) is 30.1 Å². The zero-order valence-electron chi connectivity index (χ0n) is 9.39. The van der Waals surface area contributed by atoms with Crippen molar-refractivity contribution in [2.45, 2.75) is 13.0 Å². The Hall–Kier alpha value is -1.70. The lowest BCUT2D eigenvalue weighted by Gasteiger charge is -2.03. The number of benzene rings is 1. The molecule has 3 nitrogen and oxygen atoms in total. The maximum Gasteiger partial charge on any atom is 0.0991 e. The van der Waals surface area contributed by atoms with Crippen molar-refractivity contribution < 1.29 is 0 Å². The summed E-state index contributed by atoms with van der Waals surface area (Å²) >= 11 is 1.68. The molecule has 86 valence electrons. The summed E-state index contributed by atoms with van der Waals surface area (Å²) < 4.78 is 0. The second-order valence-corrected chi connectivity index (χ2v) is 4.64. The molecule has 0 unspecified atom stereocenters. The van der Waals surface area contributed by atoms with Crippen molar-refractivity contribution in [1.82, 2.24) is 10.3 Å². The van der Waals surface area contributed by atoms with Crippen LogP contribution in [-0.4, -0.2) is 11.5 Å². The Bertz CT molecular complexity index is 500. The summed E-state index contributed by atoms with van der Waals surface area (Å²) in [5.74, 6) is 0. The first kappa shape index (κ1) is 11.8. The normalized spacial score (nSPS) is 10.1. The van der Waals surface area contributed by atoms with Crippen molar-refractivity contribution in [2.24, 2.45) is 0 Å². The SMILES string of the molecule is N#Cc1cccc(CNCCc2nccs2)c1. The number of nitrogens with one attached hydrogen (secondary N) is 1. The molecule has 17 heavy (non-hydrogen) atoms. The minimum atomic E-state index is 0.712. The van der Waals surface area contributed by atoms with Crippen LogP contribution in [0.1, 0.15) is 16.1 Å². The van der Waals surface area contributed by atoms with Crippen LogP contribution in [0.15, 0.2) is 35.8 Å². The zero-order valence-corrected chi connectivity index (χ0v) is 10.2. The number of aromatic nitrogens is 1. The highest BCUT2D eigenvalue weighted by Gasteiger charge is 1.97. The van der Waals surface area contributed by atoms with Crippen LogP contribution >= 0.6 is 11.3 Å². The lowest BCUT2D eigenvalue weighted by molar-refractivity contribution is 0.685. The third kappa shape index (κ3) is 3.66. The van der Waals surface area contributed by atoms with Crippen molar-refractivity contribution >= 4 is 11.3 Å². The van der Waals surface area contributed by atoms with Crippen LogP contribution in [0.4, 0.5) is 0 Å². The molecule has 1 heterocycles. The van der Waals surface area contributed by atoms with Gasteiger partial charge in [0.1, 0.15) is 0 Å². The number of hydrogen-bond acceptors (Lipinski definition) is 4. The Morgan fingerprint density at radius 1 is 1.41 bits per heavy atom. The summed E-state index contributed by atoms with van der Waals surface area (Å²) in [5.41, 5.74) is 1.85. The molecular weight excluding hydrogens is 230 g/mol. The third-order valence-corrected chi connectivity index (χ3v) is 3.22. The molecule has 1 aromatic carbocycles. The lowest BCUT2D eigenvalue weighted by Crippen LogP contribution is -2.16. The molecule has 0 spiro atoms. The van der Waals surface area contributed by atoms with Gasteiger partial charge in [0.25, 0.3) is 0 Å². The quantitative estimate of drug-likeness (QED) is 0.820. The molecule has 0 atom stereocenters. The minimum Gasteiger partial charge on any atom is -0.312 e. The number of rotatable bonds is 5. The fourth-order valence-electron chi connectivity index (χ4n) is 1.56. The second-order valence-electron chi connectivity index (χ2n) is 3.66. The Morgan fingerprint density at radius 3 is 3.12 bits per heavy atom. The predicted octanol–water partition coefficient (Wildman–Crippen LogP) is 2.35. The largest absolute Gasteiger partial charge is 0.312 e. The first-order chi connectivity index (χ1) is 8.38. The minimum absolute atomic E-state index is 0.712. The first-order valence-corrected chi connectivity index (χ1v) is 6.34. The van der Waals surface area contributed by atoms with E-state index in [9.17, 15) is 0 Å². The summed E-state index contributed by atoms with van der Waals surface area (Å²) in [6.45, 7) is 1.70. The summed E-state index contributed by atoms with van der Waals surface area (Å²) in [7, 11) is 0. The standard InChI is InChI=1S/C13H13N3S/c14-9-11-2-1-3-12(8-11)10-15-5-4-13-16-6-7-17-13/h1-3,6-8,15H,4-5,10H2. The van der Waals surface area contributed by atoms with Crippen molar-refractivity contribution in [3.8, 4) is 6.07 Å². The van der Waals surface area contributed by atoms with E-state index in [-0.39, 0.29) is 0 Å². The van der Waals surface area contributed by atoms with Gasteiger partial charge in [-0.05, 0) is 17.7 Å². The van der Waals surface area contributed by atoms with E-state index in [1.807, 2.05) is 35.8 Å². The molecule has 0 aliphatic rings. The Balaban J connectivity index is 1.76. The van der Waals surface area contributed by atoms with Gasteiger partial charge in [-0.25, -0.2) is 4.98 Å². The summed E-state index contributed by atoms with van der Waals surface area (Å²) in [5, 5.41) is 15.3. The summed E-state index contributed by atoms with van der Waals surface area (Å²) in [4.78, 5) is 4.22. The second kappa shape index (κ2) is 6.14. The van der Waals surface area contributed by atoms with Crippen molar-refractivity contribution in [3.63, 3.8) is 0 Å². The van der Waals surface area contributed by atoms with E-state index in [1.165, 1.54) is 0 Å². The molecule has 4 heteroatoms. The van der Waals surface area contributed by atoms with E-state index in [0.29, 0.717) is 5.56 Å². The van der Waals surface area contributed by atoms with Gasteiger partial charge in [0.2, 0.25) is 0 Å². The van der Waals surface area contributed by atoms with Gasteiger partial charge in [0.15, 0.2) is 0 Å². The Morgan fingerprint density at radius 2 is 2.35 bits per heavy atom. The van der Waals surface area contributed by atoms with Crippen LogP contribution in [0.2, 0.25) is 0 Å². The topological polar surface area (TPSA) is 48.7 Å². The van der Waals surface area contributed by atoms with E-state index >= 15 is 0 Å². The van der Waals surface area contributed by atoms with E-state index in [4.69, 9.17) is 5.26 Å². The van der Waals surface area contributed by atoms with Crippen molar-refractivity contribution in [1.29, 1.82) is 5.26 Å². The van der Waals surface area contributed by atoms with Crippen molar-refractivity contribution in [2.75, 3.05) is 6.54 Å². The average molecular weight is 243 g/mol. The van der Waals surface area contributed by atoms with Gasteiger partial charge in [0.05, 0.1) is 16.6 Å². The molecule has 2 aromatic rings. The molecule has 0 saturated carbocycles. The molecule has 0 fully saturated rings. The molecule has 1 aromatic heterocycles. The number of nitriles is 1. The highest BCUT2D eigenvalue weighted by Crippen LogP contribution is 2.05. The molecule has 0 saturated heterocycles. The molecule has 0 amide bonds. The van der Waals surface area contributed by atoms with E-state index < -0.39 is 0 Å². The van der Waals surface area contributed by atoms with E-state index in [1.54, 1.807) is 11.3 Å². The number of nitrogens with zero attached hydrogens (tertiary/aromatic N) is 2. The van der Waals surface area contributed by atoms with Crippen LogP contribution in [0.25, 0.3) is 0 Å². The summed E-state index contributed by atoms with van der Waals surface area (Å²) in [6.07, 6.45) is 2.78.